The molecule has 0 radical (unpaired) electrons. The number of nitrogens with one attached hydrogen (secondary N) is 3. The van der Waals surface area contributed by atoms with Crippen molar-refractivity contribution in [1.29, 1.82) is 0 Å². The number of hydrogen-bond donors (Lipinski definition) is 3. The lowest BCUT2D eigenvalue weighted by Gasteiger charge is -2.28. The first-order chi connectivity index (χ1) is 66.8. The van der Waals surface area contributed by atoms with Crippen LogP contribution in [-0.4, -0.2) is 162 Å². The summed E-state index contributed by atoms with van der Waals surface area (Å²) in [6, 6.07) is 77.3. The largest absolute Gasteiger partial charge is 0.467 e. The molecule has 10 heterocycles. The van der Waals surface area contributed by atoms with Gasteiger partial charge in [0.05, 0.1) is 75.1 Å². The van der Waals surface area contributed by atoms with E-state index in [0.29, 0.717) is 106 Å². The maximum atomic E-state index is 13.8. The van der Waals surface area contributed by atoms with Gasteiger partial charge in [0.15, 0.2) is 15.5 Å². The molecular weight excluding hydrogens is 1810 g/mol. The fourth-order valence-electron chi connectivity index (χ4n) is 16.5. The van der Waals surface area contributed by atoms with Crippen molar-refractivity contribution in [1.82, 2.24) is 29.4 Å². The van der Waals surface area contributed by atoms with E-state index in [9.17, 15) is 56.7 Å². The molecule has 0 bridgehead atoms. The third-order valence-electron chi connectivity index (χ3n) is 23.5. The molecule has 7 saturated heterocycles. The fourth-order valence-corrected chi connectivity index (χ4v) is 20.0. The van der Waals surface area contributed by atoms with Gasteiger partial charge in [-0.15, -0.1) is 0 Å². The molecule has 3 N–H and O–H groups in total. The molecule has 3 unspecified atom stereocenters. The summed E-state index contributed by atoms with van der Waals surface area (Å²) in [5, 5.41) is 8.34. The number of morpholine rings is 1. The minimum atomic E-state index is -1.01. The highest BCUT2D eigenvalue weighted by Gasteiger charge is 2.46. The number of amides is 10. The van der Waals surface area contributed by atoms with Crippen LogP contribution in [0.2, 0.25) is 0 Å². The van der Waals surface area contributed by atoms with Gasteiger partial charge in [-0.2, -0.15) is 0 Å². The lowest BCUT2D eigenvalue weighted by molar-refractivity contribution is -0.136. The summed E-state index contributed by atoms with van der Waals surface area (Å²) in [4.78, 5) is 157. The number of furan rings is 3. The van der Waals surface area contributed by atoms with Gasteiger partial charge in [0.25, 0.3) is 0 Å². The van der Waals surface area contributed by atoms with Gasteiger partial charge in [-0.3, -0.25) is 58.0 Å². The van der Waals surface area contributed by atoms with Gasteiger partial charge >= 0.3 is 12.2 Å². The van der Waals surface area contributed by atoms with E-state index in [0.717, 1.165) is 70.0 Å². The van der Waals surface area contributed by atoms with Gasteiger partial charge in [-0.25, -0.2) is 38.2 Å². The number of imide groups is 1. The molecule has 9 aromatic carbocycles. The Bertz CT molecular complexity index is 6390. The Labute approximate surface area is 799 Å². The zero-order chi connectivity index (χ0) is 94.7. The van der Waals surface area contributed by atoms with Crippen LogP contribution in [0.15, 0.2) is 320 Å². The number of hydrogen-bond acceptors (Lipinski definition) is 23. The van der Waals surface area contributed by atoms with Crippen LogP contribution in [0, 0.1) is 11.6 Å². The fraction of sp³-hybridized carbons (Fsp3) is 0.233. The molecule has 19 rings (SSSR count). The highest BCUT2D eigenvalue weighted by Crippen LogP contribution is 2.46. The third kappa shape index (κ3) is 23.7. The maximum absolute atomic E-state index is 13.8. The van der Waals surface area contributed by atoms with Crippen molar-refractivity contribution in [3.8, 4) is 0 Å². The maximum Gasteiger partial charge on any atom is 0.417 e. The van der Waals surface area contributed by atoms with Crippen LogP contribution in [0.3, 0.4) is 0 Å². The standard InChI is InChI=1S/C37H37N5O6S.C33H27FN4O6S.C33H29FN4O4S/c43-34(32-9-4-18-41(32)37(45)48-25-26-6-2-1-3-7-26)38-28-12-10-27(11-13-28)33-35(44)42(24-31-8-5-21-47-31)36(49-33)39-29-14-16-30(17-15-29)40-19-22-46-23-20-40;34-23-8-4-9-25(18-23)36-32-37(19-26-10-5-17-43-26)31(41)29(45-32)22-11-13-24(14-12-22)35-30(40)27-15-16-28(39)38(27)33(42)44-20-21-6-2-1-3-7-21;34-24-9-4-10-26(20-24)36-33-38(21-27-11-6-18-42-27)32(41)30(43-33)23-13-15-25(16-14-23)35-31(40)28-12-5-17-37(28)29(39)19-22-7-2-1-3-8-22/h1-3,5-8,10-17,21,32-33H,4,9,18-20,22-25H2,(H,38,43);1-14,17-18,27,29H,15-16,19-20H2,(H,35,40);1-4,6-11,13-16,18,20,28,30H,5,12,17,19,21H2,(H,35,40)/t32-,33?;27-,29?;28-,30?/m000/s1. The molecule has 34 heteroatoms. The van der Waals surface area contributed by atoms with Gasteiger partial charge in [0.1, 0.15) is 76.0 Å². The zero-order valence-corrected chi connectivity index (χ0v) is 76.3. The Morgan fingerprint density at radius 3 is 1.20 bits per heavy atom. The minimum absolute atomic E-state index is 0.0231. The number of rotatable bonds is 25. The molecule has 0 aliphatic carbocycles. The van der Waals surface area contributed by atoms with Crippen LogP contribution < -0.4 is 20.9 Å². The van der Waals surface area contributed by atoms with Crippen LogP contribution in [0.4, 0.5) is 58.2 Å². The Kier molecular flexibility index (Phi) is 30.4. The smallest absolute Gasteiger partial charge is 0.417 e. The first-order valence-corrected chi connectivity index (χ1v) is 47.2. The Morgan fingerprint density at radius 1 is 0.394 bits per heavy atom. The Morgan fingerprint density at radius 2 is 0.788 bits per heavy atom. The quantitative estimate of drug-likeness (QED) is 0.0478. The molecule has 29 nitrogen and oxygen atoms in total. The number of anilines is 4. The molecule has 7 fully saturated rings. The number of halogens is 2. The summed E-state index contributed by atoms with van der Waals surface area (Å²) in [5.74, 6) is -1.09. The SMILES string of the molecule is O=C(Nc1ccc(C2SC(=Nc3ccc(N4CCOCC4)cc3)N(Cc3ccco3)C2=O)cc1)[C@@H]1CCCN1C(=O)OCc1ccccc1.O=C(Nc1ccc(C2SC(=Nc3cccc(F)c3)N(Cc3ccco3)C2=O)cc1)[C@@H]1CCC(=O)N1C(=O)OCc1ccccc1.O=C(Nc1ccc(C2SC(=Nc3cccc(F)c3)N(Cc3ccco3)C2=O)cc1)[C@@H]1CCCN1C(=O)Cc1ccccc1. The van der Waals surface area contributed by atoms with Crippen molar-refractivity contribution in [2.24, 2.45) is 15.0 Å². The van der Waals surface area contributed by atoms with Crippen molar-refractivity contribution < 1.29 is 84.2 Å². The first kappa shape index (κ1) is 93.8. The molecule has 6 atom stereocenters. The molecule has 137 heavy (non-hydrogen) atoms. The second-order valence-corrected chi connectivity index (χ2v) is 36.0. The van der Waals surface area contributed by atoms with Gasteiger partial charge in [-0.05, 0) is 199 Å². The highest BCUT2D eigenvalue weighted by atomic mass is 32.2. The van der Waals surface area contributed by atoms with Crippen molar-refractivity contribution in [2.75, 3.05) is 60.2 Å². The Balaban J connectivity index is 0.000000143. The Hall–Kier alpha value is -15.0. The number of amidine groups is 3. The van der Waals surface area contributed by atoms with Crippen molar-refractivity contribution >= 4 is 150 Å². The van der Waals surface area contributed by atoms with Crippen LogP contribution >= 0.6 is 35.3 Å². The third-order valence-corrected chi connectivity index (χ3v) is 27.2. The van der Waals surface area contributed by atoms with Crippen molar-refractivity contribution in [3.63, 3.8) is 0 Å². The summed E-state index contributed by atoms with van der Waals surface area (Å²) < 4.78 is 60.4. The molecule has 698 valence electrons. The summed E-state index contributed by atoms with van der Waals surface area (Å²) in [5.41, 5.74) is 8.98. The van der Waals surface area contributed by atoms with E-state index in [4.69, 9.17) is 32.5 Å². The normalized spacial score (nSPS) is 19.5. The lowest BCUT2D eigenvalue weighted by atomic mass is 10.1. The van der Waals surface area contributed by atoms with Crippen molar-refractivity contribution in [3.05, 3.63) is 354 Å². The number of benzene rings is 9. The minimum Gasteiger partial charge on any atom is -0.467 e. The zero-order valence-electron chi connectivity index (χ0n) is 73.9. The van der Waals surface area contributed by atoms with Gasteiger partial charge < -0.3 is 53.2 Å². The van der Waals surface area contributed by atoms with Crippen LogP contribution in [0.25, 0.3) is 0 Å². The molecule has 7 aliphatic heterocycles. The second-order valence-electron chi connectivity index (χ2n) is 32.8. The summed E-state index contributed by atoms with van der Waals surface area (Å²) in [6.07, 6.45) is 6.41. The topological polar surface area (TPSA) is 334 Å². The van der Waals surface area contributed by atoms with E-state index >= 15 is 0 Å². The average molecular weight is 1900 g/mol. The van der Waals surface area contributed by atoms with Gasteiger partial charge in [-0.1, -0.05) is 175 Å². The molecule has 3 aromatic heterocycles. The molecule has 0 saturated carbocycles. The molecule has 12 aromatic rings. The van der Waals surface area contributed by atoms with E-state index in [1.54, 1.807) is 150 Å². The molecule has 10 amide bonds. The summed E-state index contributed by atoms with van der Waals surface area (Å²) >= 11 is 3.89. The van der Waals surface area contributed by atoms with Crippen molar-refractivity contribution in [2.45, 2.75) is 112 Å². The van der Waals surface area contributed by atoms with Crippen LogP contribution in [0.5, 0.6) is 0 Å². The van der Waals surface area contributed by atoms with Crippen LogP contribution in [-0.2, 0) is 91.8 Å². The van der Waals surface area contributed by atoms with E-state index in [2.05, 4.69) is 30.8 Å². The van der Waals surface area contributed by atoms with Gasteiger partial charge in [0.2, 0.25) is 47.3 Å². The highest BCUT2D eigenvalue weighted by molar-refractivity contribution is 8.15. The average Bonchev–Trinajstić information content (AvgIpc) is 1.65. The number of carbonyl (C=O) groups excluding carboxylic acids is 10. The predicted molar refractivity (Wildman–Crippen MR) is 515 cm³/mol. The number of ether oxygens (including phenoxy) is 3. The predicted octanol–water partition coefficient (Wildman–Crippen LogP) is 18.6. The van der Waals surface area contributed by atoms with Gasteiger partial charge in [0, 0.05) is 55.3 Å². The first-order valence-electron chi connectivity index (χ1n) is 44.6. The monoisotopic (exact) mass is 1900 g/mol. The number of aliphatic imine (C=N–C) groups is 3. The number of carbonyl (C=O) groups is 10. The van der Waals surface area contributed by atoms with E-state index in [1.807, 2.05) is 121 Å². The lowest BCUT2D eigenvalue weighted by Crippen LogP contribution is -2.45. The van der Waals surface area contributed by atoms with Crippen LogP contribution in [0.1, 0.15) is 105 Å². The van der Waals surface area contributed by atoms with E-state index < -0.39 is 69.5 Å². The summed E-state index contributed by atoms with van der Waals surface area (Å²) in [6.45, 7) is 4.88. The number of nitrogens with zero attached hydrogens (tertiary/aromatic N) is 10. The number of thioether (sulfide) groups is 3. The molecular formula is C103H93F2N13O16S3. The summed E-state index contributed by atoms with van der Waals surface area (Å²) in [7, 11) is 0. The number of likely N-dealkylation sites (tertiary alicyclic amines) is 3. The van der Waals surface area contributed by atoms with E-state index in [1.165, 1.54) is 80.5 Å². The van der Waals surface area contributed by atoms with E-state index in [-0.39, 0.29) is 87.6 Å². The molecule has 7 aliphatic rings. The molecule has 0 spiro atoms. The second kappa shape index (κ2) is 44.4.